The minimum atomic E-state index is -0.708. The molecule has 1 saturated carbocycles. The quantitative estimate of drug-likeness (QED) is 0.495. The van der Waals surface area contributed by atoms with Crippen LogP contribution in [0.5, 0.6) is 5.75 Å². The molecule has 168 valence electrons. The first-order valence-corrected chi connectivity index (χ1v) is 11.3. The van der Waals surface area contributed by atoms with E-state index in [1.54, 1.807) is 0 Å². The molecular formula is C26H30N2O4. The van der Waals surface area contributed by atoms with Gasteiger partial charge in [-0.1, -0.05) is 61.9 Å². The molecule has 2 aliphatic rings. The van der Waals surface area contributed by atoms with Crippen LogP contribution < -0.4 is 15.4 Å². The number of carbonyl (C=O) groups is 2. The standard InChI is InChI=1S/C26H30N2O4/c1-18-23(25(29)32-21-13-7-2-3-8-14-21)24(28-26(30)27-18)20-12-9-15-22(16-20)31-17-19-10-5-4-6-11-19/h4-6,9-12,15-16,21,23-24H,1-3,7-8,13-14,17H2,(H2,27,28,30). The van der Waals surface area contributed by atoms with E-state index < -0.39 is 12.0 Å². The van der Waals surface area contributed by atoms with Crippen LogP contribution in [0.3, 0.4) is 0 Å². The molecule has 2 N–H and O–H groups in total. The van der Waals surface area contributed by atoms with Crippen LogP contribution in [0.4, 0.5) is 4.79 Å². The van der Waals surface area contributed by atoms with Crippen molar-refractivity contribution in [3.05, 3.63) is 78.0 Å². The third-order valence-corrected chi connectivity index (χ3v) is 6.07. The van der Waals surface area contributed by atoms with Gasteiger partial charge in [-0.15, -0.1) is 0 Å². The maximum atomic E-state index is 13.2. The second-order valence-corrected chi connectivity index (χ2v) is 8.48. The summed E-state index contributed by atoms with van der Waals surface area (Å²) in [5, 5.41) is 5.52. The van der Waals surface area contributed by atoms with Crippen LogP contribution in [0.2, 0.25) is 0 Å². The SMILES string of the molecule is C=C1NC(=O)NC(c2cccc(OCc3ccccc3)c2)C1C(=O)OC1CCCCCC1. The number of benzene rings is 2. The van der Waals surface area contributed by atoms with Crippen molar-refractivity contribution in [1.82, 2.24) is 10.6 Å². The molecule has 6 heteroatoms. The lowest BCUT2D eigenvalue weighted by Crippen LogP contribution is -2.51. The van der Waals surface area contributed by atoms with Gasteiger partial charge in [0.15, 0.2) is 0 Å². The number of hydrogen-bond acceptors (Lipinski definition) is 4. The fourth-order valence-electron chi connectivity index (χ4n) is 4.38. The Morgan fingerprint density at radius 2 is 1.75 bits per heavy atom. The molecule has 6 nitrogen and oxygen atoms in total. The molecule has 2 aromatic rings. The molecular weight excluding hydrogens is 404 g/mol. The number of carbonyl (C=O) groups excluding carboxylic acids is 2. The highest BCUT2D eigenvalue weighted by atomic mass is 16.5. The Bertz CT molecular complexity index is 951. The highest BCUT2D eigenvalue weighted by molar-refractivity contribution is 5.85. The van der Waals surface area contributed by atoms with Crippen LogP contribution in [0.25, 0.3) is 0 Å². The van der Waals surface area contributed by atoms with Gasteiger partial charge in [-0.25, -0.2) is 4.79 Å². The lowest BCUT2D eigenvalue weighted by atomic mass is 9.89. The lowest BCUT2D eigenvalue weighted by molar-refractivity contribution is -0.154. The summed E-state index contributed by atoms with van der Waals surface area (Å²) in [4.78, 5) is 25.4. The van der Waals surface area contributed by atoms with Crippen LogP contribution in [0.15, 0.2) is 66.9 Å². The Morgan fingerprint density at radius 3 is 2.50 bits per heavy atom. The van der Waals surface area contributed by atoms with Gasteiger partial charge < -0.3 is 20.1 Å². The van der Waals surface area contributed by atoms with E-state index in [0.717, 1.165) is 36.8 Å². The van der Waals surface area contributed by atoms with Gasteiger partial charge >= 0.3 is 12.0 Å². The summed E-state index contributed by atoms with van der Waals surface area (Å²) in [5.41, 5.74) is 2.19. The number of esters is 1. The minimum absolute atomic E-state index is 0.0726. The molecule has 4 rings (SSSR count). The van der Waals surface area contributed by atoms with Crippen molar-refractivity contribution in [1.29, 1.82) is 0 Å². The maximum Gasteiger partial charge on any atom is 0.319 e. The Morgan fingerprint density at radius 1 is 1.00 bits per heavy atom. The number of ether oxygens (including phenoxy) is 2. The second-order valence-electron chi connectivity index (χ2n) is 8.48. The zero-order chi connectivity index (χ0) is 22.3. The Labute approximate surface area is 189 Å². The Hall–Kier alpha value is -3.28. The van der Waals surface area contributed by atoms with Gasteiger partial charge in [0, 0.05) is 5.70 Å². The second kappa shape index (κ2) is 10.4. The molecule has 0 aromatic heterocycles. The number of nitrogens with one attached hydrogen (secondary N) is 2. The van der Waals surface area contributed by atoms with E-state index in [0.29, 0.717) is 18.1 Å². The van der Waals surface area contributed by atoms with Crippen LogP contribution in [-0.2, 0) is 16.1 Å². The van der Waals surface area contributed by atoms with E-state index in [2.05, 4.69) is 17.2 Å². The predicted molar refractivity (Wildman–Crippen MR) is 122 cm³/mol. The first-order valence-electron chi connectivity index (χ1n) is 11.3. The Balaban J connectivity index is 1.50. The van der Waals surface area contributed by atoms with Gasteiger partial charge in [-0.2, -0.15) is 0 Å². The van der Waals surface area contributed by atoms with Gasteiger partial charge in [0.1, 0.15) is 24.4 Å². The lowest BCUT2D eigenvalue weighted by Gasteiger charge is -2.34. The summed E-state index contributed by atoms with van der Waals surface area (Å²) in [7, 11) is 0. The zero-order valence-electron chi connectivity index (χ0n) is 18.2. The summed E-state index contributed by atoms with van der Waals surface area (Å²) >= 11 is 0. The van der Waals surface area contributed by atoms with E-state index in [1.807, 2.05) is 54.6 Å². The molecule has 2 aromatic carbocycles. The molecule has 0 radical (unpaired) electrons. The fourth-order valence-corrected chi connectivity index (χ4v) is 4.38. The predicted octanol–water partition coefficient (Wildman–Crippen LogP) is 5.02. The maximum absolute atomic E-state index is 13.2. The van der Waals surface area contributed by atoms with E-state index in [4.69, 9.17) is 9.47 Å². The highest BCUT2D eigenvalue weighted by Gasteiger charge is 2.40. The molecule has 2 unspecified atom stereocenters. The van der Waals surface area contributed by atoms with Crippen LogP contribution in [-0.4, -0.2) is 18.1 Å². The zero-order valence-corrected chi connectivity index (χ0v) is 18.2. The smallest absolute Gasteiger partial charge is 0.319 e. The summed E-state index contributed by atoms with van der Waals surface area (Å²) in [6, 6.07) is 16.4. The largest absolute Gasteiger partial charge is 0.489 e. The van der Waals surface area contributed by atoms with Gasteiger partial charge in [0.2, 0.25) is 0 Å². The average Bonchev–Trinajstić information content (AvgIpc) is 3.06. The van der Waals surface area contributed by atoms with E-state index in [-0.39, 0.29) is 18.1 Å². The third-order valence-electron chi connectivity index (χ3n) is 6.07. The number of hydrogen-bond donors (Lipinski definition) is 2. The van der Waals surface area contributed by atoms with Gasteiger partial charge in [0.25, 0.3) is 0 Å². The minimum Gasteiger partial charge on any atom is -0.489 e. The van der Waals surface area contributed by atoms with E-state index in [1.165, 1.54) is 12.8 Å². The van der Waals surface area contributed by atoms with Gasteiger partial charge in [-0.3, -0.25) is 4.79 Å². The molecule has 2 atom stereocenters. The fraction of sp³-hybridized carbons (Fsp3) is 0.385. The first kappa shape index (κ1) is 21.9. The van der Waals surface area contributed by atoms with Crippen molar-refractivity contribution in [3.8, 4) is 5.75 Å². The molecule has 2 fully saturated rings. The molecule has 32 heavy (non-hydrogen) atoms. The van der Waals surface area contributed by atoms with E-state index >= 15 is 0 Å². The van der Waals surface area contributed by atoms with Gasteiger partial charge in [0.05, 0.1) is 6.04 Å². The molecule has 1 heterocycles. The normalized spacial score (nSPS) is 21.8. The van der Waals surface area contributed by atoms with Crippen LogP contribution in [0, 0.1) is 5.92 Å². The monoisotopic (exact) mass is 434 g/mol. The molecule has 1 aliphatic carbocycles. The molecule has 1 aliphatic heterocycles. The molecule has 2 amide bonds. The first-order chi connectivity index (χ1) is 15.6. The van der Waals surface area contributed by atoms with Crippen molar-refractivity contribution in [3.63, 3.8) is 0 Å². The number of amides is 2. The van der Waals surface area contributed by atoms with E-state index in [9.17, 15) is 9.59 Å². The van der Waals surface area contributed by atoms with Crippen molar-refractivity contribution >= 4 is 12.0 Å². The molecule has 1 saturated heterocycles. The van der Waals surface area contributed by atoms with Crippen molar-refractivity contribution in [2.24, 2.45) is 5.92 Å². The van der Waals surface area contributed by atoms with Crippen molar-refractivity contribution < 1.29 is 19.1 Å². The van der Waals surface area contributed by atoms with Gasteiger partial charge in [-0.05, 0) is 48.9 Å². The van der Waals surface area contributed by atoms with Crippen LogP contribution in [0.1, 0.15) is 55.7 Å². The summed E-state index contributed by atoms with van der Waals surface area (Å²) in [6.07, 6.45) is 6.21. The van der Waals surface area contributed by atoms with Crippen molar-refractivity contribution in [2.75, 3.05) is 0 Å². The topological polar surface area (TPSA) is 76.7 Å². The highest BCUT2D eigenvalue weighted by Crippen LogP contribution is 2.33. The molecule has 0 bridgehead atoms. The van der Waals surface area contributed by atoms with Crippen molar-refractivity contribution in [2.45, 2.75) is 57.3 Å². The number of urea groups is 1. The van der Waals surface area contributed by atoms with Crippen LogP contribution >= 0.6 is 0 Å². The Kier molecular flexibility index (Phi) is 7.10. The average molecular weight is 435 g/mol. The summed E-state index contributed by atoms with van der Waals surface area (Å²) < 4.78 is 11.8. The summed E-state index contributed by atoms with van der Waals surface area (Å²) in [6.45, 7) is 4.38. The molecule has 0 spiro atoms. The third kappa shape index (κ3) is 5.49. The number of rotatable bonds is 6. The summed E-state index contributed by atoms with van der Waals surface area (Å²) in [5.74, 6) is -0.393.